The third-order valence-electron chi connectivity index (χ3n) is 6.90. The van der Waals surface area contributed by atoms with Crippen LogP contribution in [0, 0.1) is 12.7 Å². The van der Waals surface area contributed by atoms with Crippen LogP contribution in [0.1, 0.15) is 47.9 Å². The molecule has 0 aliphatic carbocycles. The molecule has 0 radical (unpaired) electrons. The molecule has 1 fully saturated rings. The third-order valence-corrected chi connectivity index (χ3v) is 6.90. The number of carbonyl (C=O) groups excluding carboxylic acids is 3. The first-order valence-corrected chi connectivity index (χ1v) is 11.6. The van der Waals surface area contributed by atoms with Crippen molar-refractivity contribution >= 4 is 23.4 Å². The van der Waals surface area contributed by atoms with Crippen LogP contribution in [-0.4, -0.2) is 44.4 Å². The molecule has 1 aromatic heterocycles. The lowest BCUT2D eigenvalue weighted by Gasteiger charge is -2.48. The normalized spacial score (nSPS) is 19.1. The number of para-hydroxylation sites is 1. The topological polar surface area (TPSA) is 87.5 Å². The van der Waals surface area contributed by atoms with Gasteiger partial charge in [0.1, 0.15) is 17.3 Å². The number of carbonyl (C=O) groups is 3. The monoisotopic (exact) mass is 475 g/mol. The van der Waals surface area contributed by atoms with E-state index < -0.39 is 11.5 Å². The van der Waals surface area contributed by atoms with Crippen molar-refractivity contribution in [2.45, 2.75) is 45.3 Å². The summed E-state index contributed by atoms with van der Waals surface area (Å²) in [6, 6.07) is 11.9. The van der Waals surface area contributed by atoms with Gasteiger partial charge in [0.05, 0.1) is 16.9 Å². The van der Waals surface area contributed by atoms with E-state index in [0.29, 0.717) is 41.2 Å². The number of aromatic nitrogens is 2. The summed E-state index contributed by atoms with van der Waals surface area (Å²) < 4.78 is 16.3. The predicted molar refractivity (Wildman–Crippen MR) is 127 cm³/mol. The van der Waals surface area contributed by atoms with Crippen molar-refractivity contribution in [1.29, 1.82) is 0 Å². The molecule has 8 nitrogen and oxygen atoms in total. The zero-order valence-corrected chi connectivity index (χ0v) is 19.6. The average Bonchev–Trinajstić information content (AvgIpc) is 3.40. The Labute approximate surface area is 202 Å². The second kappa shape index (κ2) is 8.65. The molecule has 2 aromatic carbocycles. The van der Waals surface area contributed by atoms with E-state index in [1.165, 1.54) is 6.07 Å². The Morgan fingerprint density at radius 3 is 2.71 bits per heavy atom. The highest BCUT2D eigenvalue weighted by Crippen LogP contribution is 2.43. The first-order valence-electron chi connectivity index (χ1n) is 11.6. The average molecular weight is 476 g/mol. The molecule has 3 amide bonds. The van der Waals surface area contributed by atoms with E-state index in [9.17, 15) is 18.8 Å². The first kappa shape index (κ1) is 22.8. The van der Waals surface area contributed by atoms with E-state index in [1.54, 1.807) is 64.0 Å². The first-order chi connectivity index (χ1) is 16.8. The molecule has 0 bridgehead atoms. The smallest absolute Gasteiger partial charge is 0.257 e. The fraction of sp³-hybridized carbons (Fsp3) is 0.308. The number of aryl methyl sites for hydroxylation is 1. The SMILES string of the molecule is Cc1nccn1-c1ccc(CNC(=O)CCN2C(=O)c3ccccc3N3C(=O)CCC23C)cc1F. The van der Waals surface area contributed by atoms with Gasteiger partial charge in [-0.1, -0.05) is 18.2 Å². The minimum absolute atomic E-state index is 0.0294. The van der Waals surface area contributed by atoms with Gasteiger partial charge in [-0.05, 0) is 50.1 Å². The van der Waals surface area contributed by atoms with Crippen LogP contribution in [0.15, 0.2) is 54.9 Å². The lowest BCUT2D eigenvalue weighted by Crippen LogP contribution is -2.62. The Morgan fingerprint density at radius 1 is 1.17 bits per heavy atom. The highest BCUT2D eigenvalue weighted by Gasteiger charge is 2.52. The Hall–Kier alpha value is -4.01. The van der Waals surface area contributed by atoms with Crippen LogP contribution in [-0.2, 0) is 16.1 Å². The molecule has 2 aliphatic heterocycles. The third kappa shape index (κ3) is 3.86. The molecule has 1 unspecified atom stereocenters. The number of nitrogens with one attached hydrogen (secondary N) is 1. The molecule has 1 saturated heterocycles. The number of fused-ring (bicyclic) bond motifs is 3. The van der Waals surface area contributed by atoms with Gasteiger partial charge in [-0.25, -0.2) is 9.37 Å². The molecule has 3 aromatic rings. The summed E-state index contributed by atoms with van der Waals surface area (Å²) in [7, 11) is 0. The molecule has 9 heteroatoms. The molecular weight excluding hydrogens is 449 g/mol. The molecule has 35 heavy (non-hydrogen) atoms. The molecule has 3 heterocycles. The second-order valence-corrected chi connectivity index (χ2v) is 9.08. The van der Waals surface area contributed by atoms with Crippen LogP contribution < -0.4 is 10.2 Å². The summed E-state index contributed by atoms with van der Waals surface area (Å²) >= 11 is 0. The number of benzene rings is 2. The zero-order valence-electron chi connectivity index (χ0n) is 19.6. The van der Waals surface area contributed by atoms with Crippen LogP contribution in [0.3, 0.4) is 0 Å². The van der Waals surface area contributed by atoms with Crippen LogP contribution in [0.4, 0.5) is 10.1 Å². The van der Waals surface area contributed by atoms with Crippen LogP contribution in [0.5, 0.6) is 0 Å². The number of halogens is 1. The molecule has 1 atom stereocenters. The summed E-state index contributed by atoms with van der Waals surface area (Å²) in [5.41, 5.74) is 1.30. The van der Waals surface area contributed by atoms with Crippen molar-refractivity contribution in [1.82, 2.24) is 19.8 Å². The fourth-order valence-electron chi connectivity index (χ4n) is 5.03. The maximum absolute atomic E-state index is 14.6. The summed E-state index contributed by atoms with van der Waals surface area (Å²) in [5.74, 6) is -0.205. The number of anilines is 1. The number of nitrogens with zero attached hydrogens (tertiary/aromatic N) is 4. The standard InChI is InChI=1S/C26H26FN5O3/c1-17-28-12-14-30(17)22-8-7-18(15-20(22)27)16-29-23(33)10-13-31-25(35)19-5-3-4-6-21(19)32-24(34)9-11-26(31,32)2/h3-8,12,14-15H,9-11,13,16H2,1-2H3,(H,29,33). The molecule has 2 aliphatic rings. The fourth-order valence-corrected chi connectivity index (χ4v) is 5.03. The van der Waals surface area contributed by atoms with Gasteiger partial charge < -0.3 is 14.8 Å². The summed E-state index contributed by atoms with van der Waals surface area (Å²) in [5, 5.41) is 2.80. The predicted octanol–water partition coefficient (Wildman–Crippen LogP) is 3.33. The summed E-state index contributed by atoms with van der Waals surface area (Å²) in [4.78, 5) is 46.0. The van der Waals surface area contributed by atoms with Gasteiger partial charge in [-0.3, -0.25) is 19.3 Å². The Balaban J connectivity index is 1.24. The van der Waals surface area contributed by atoms with E-state index in [4.69, 9.17) is 0 Å². The van der Waals surface area contributed by atoms with Crippen molar-refractivity contribution in [3.63, 3.8) is 0 Å². The van der Waals surface area contributed by atoms with Gasteiger partial charge in [0.2, 0.25) is 11.8 Å². The molecule has 0 saturated carbocycles. The van der Waals surface area contributed by atoms with Gasteiger partial charge in [0.15, 0.2) is 0 Å². The molecular formula is C26H26FN5O3. The minimum atomic E-state index is -0.798. The van der Waals surface area contributed by atoms with Crippen molar-refractivity contribution in [2.75, 3.05) is 11.4 Å². The zero-order chi connectivity index (χ0) is 24.7. The molecule has 1 N–H and O–H groups in total. The number of hydrogen-bond acceptors (Lipinski definition) is 4. The Morgan fingerprint density at radius 2 is 1.97 bits per heavy atom. The van der Waals surface area contributed by atoms with Gasteiger partial charge >= 0.3 is 0 Å². The maximum Gasteiger partial charge on any atom is 0.257 e. The van der Waals surface area contributed by atoms with E-state index >= 15 is 0 Å². The summed E-state index contributed by atoms with van der Waals surface area (Å²) in [6.07, 6.45) is 4.22. The van der Waals surface area contributed by atoms with E-state index in [1.807, 2.05) is 13.0 Å². The molecule has 5 rings (SSSR count). The van der Waals surface area contributed by atoms with E-state index in [0.717, 1.165) is 0 Å². The Kier molecular flexibility index (Phi) is 5.62. The van der Waals surface area contributed by atoms with Gasteiger partial charge in [0.25, 0.3) is 5.91 Å². The molecule has 0 spiro atoms. The van der Waals surface area contributed by atoms with Crippen LogP contribution in [0.2, 0.25) is 0 Å². The number of rotatable bonds is 6. The van der Waals surface area contributed by atoms with E-state index in [-0.39, 0.29) is 37.2 Å². The number of amides is 3. The van der Waals surface area contributed by atoms with Gasteiger partial charge in [0, 0.05) is 38.3 Å². The number of imidazole rings is 1. The summed E-state index contributed by atoms with van der Waals surface area (Å²) in [6.45, 7) is 4.00. The van der Waals surface area contributed by atoms with Crippen molar-refractivity contribution in [2.24, 2.45) is 0 Å². The Bertz CT molecular complexity index is 1340. The van der Waals surface area contributed by atoms with E-state index in [2.05, 4.69) is 10.3 Å². The van der Waals surface area contributed by atoms with Crippen LogP contribution in [0.25, 0.3) is 5.69 Å². The second-order valence-electron chi connectivity index (χ2n) is 9.08. The lowest BCUT2D eigenvalue weighted by molar-refractivity contribution is -0.121. The highest BCUT2D eigenvalue weighted by molar-refractivity contribution is 6.10. The maximum atomic E-state index is 14.6. The lowest BCUT2D eigenvalue weighted by atomic mass is 9.98. The van der Waals surface area contributed by atoms with Crippen molar-refractivity contribution in [3.8, 4) is 5.69 Å². The minimum Gasteiger partial charge on any atom is -0.352 e. The largest absolute Gasteiger partial charge is 0.352 e. The van der Waals surface area contributed by atoms with Gasteiger partial charge in [-0.2, -0.15) is 0 Å². The number of hydrogen-bond donors (Lipinski definition) is 1. The van der Waals surface area contributed by atoms with Crippen molar-refractivity contribution < 1.29 is 18.8 Å². The molecule has 180 valence electrons. The quantitative estimate of drug-likeness (QED) is 0.593. The van der Waals surface area contributed by atoms with Crippen LogP contribution >= 0.6 is 0 Å². The van der Waals surface area contributed by atoms with Gasteiger partial charge in [-0.15, -0.1) is 0 Å². The van der Waals surface area contributed by atoms with Crippen molar-refractivity contribution in [3.05, 3.63) is 77.6 Å². The highest BCUT2D eigenvalue weighted by atomic mass is 19.1.